The van der Waals surface area contributed by atoms with Gasteiger partial charge in [-0.25, -0.2) is 9.59 Å². The van der Waals surface area contributed by atoms with Gasteiger partial charge in [-0.05, 0) is 53.1 Å². The number of hydrogen-bond acceptors (Lipinski definition) is 4. The molecule has 2 N–H and O–H groups in total. The second-order valence-electron chi connectivity index (χ2n) is 10.8. The van der Waals surface area contributed by atoms with Gasteiger partial charge in [0, 0.05) is 24.2 Å². The number of aliphatic hydroxyl groups is 1. The fraction of sp³-hybridized carbons (Fsp3) is 0.438. The molecule has 200 valence electrons. The lowest BCUT2D eigenvalue weighted by molar-refractivity contribution is -0.139. The van der Waals surface area contributed by atoms with Crippen LogP contribution in [-0.2, 0) is 14.3 Å². The molecule has 0 saturated heterocycles. The van der Waals surface area contributed by atoms with Gasteiger partial charge in [-0.3, -0.25) is 0 Å². The fourth-order valence-electron chi connectivity index (χ4n) is 5.07. The van der Waals surface area contributed by atoms with Crippen molar-refractivity contribution in [2.75, 3.05) is 13.2 Å². The van der Waals surface area contributed by atoms with E-state index in [-0.39, 0.29) is 16.8 Å². The number of aliphatic carboxylic acids is 1. The molecule has 0 amide bonds. The number of carboxylic acids is 1. The number of aliphatic hydroxyl groups excluding tert-OH is 1. The van der Waals surface area contributed by atoms with E-state index in [1.807, 2.05) is 12.1 Å². The van der Waals surface area contributed by atoms with Crippen molar-refractivity contribution in [1.29, 1.82) is 0 Å². The van der Waals surface area contributed by atoms with Crippen LogP contribution in [0.2, 0.25) is 0 Å². The Labute approximate surface area is 221 Å². The van der Waals surface area contributed by atoms with Gasteiger partial charge < -0.3 is 14.9 Å². The molecule has 37 heavy (non-hydrogen) atoms. The lowest BCUT2D eigenvalue weighted by Crippen LogP contribution is -2.14. The number of benzene rings is 2. The highest BCUT2D eigenvalue weighted by molar-refractivity contribution is 5.81. The lowest BCUT2D eigenvalue weighted by atomic mass is 9.91. The van der Waals surface area contributed by atoms with E-state index in [0.717, 1.165) is 12.5 Å². The SMILES string of the molecule is C=CC(=O)O.C=CC(=O)OC[C@]1(C)C[C@H]1[C@H](C)c1ccccc1.C[C@H](c1ccccc1)[C@@H]1C[C@@]1(C)CO. The van der Waals surface area contributed by atoms with Crippen LogP contribution in [0.4, 0.5) is 0 Å². The molecule has 2 aromatic rings. The van der Waals surface area contributed by atoms with Gasteiger partial charge in [0.25, 0.3) is 0 Å². The molecule has 0 aromatic heterocycles. The van der Waals surface area contributed by atoms with Crippen molar-refractivity contribution < 1.29 is 24.5 Å². The van der Waals surface area contributed by atoms with Crippen LogP contribution in [0.1, 0.15) is 63.5 Å². The molecule has 2 aliphatic rings. The highest BCUT2D eigenvalue weighted by Crippen LogP contribution is 2.59. The molecule has 2 aromatic carbocycles. The number of hydrogen-bond donors (Lipinski definition) is 2. The summed E-state index contributed by atoms with van der Waals surface area (Å²) in [7, 11) is 0. The normalized spacial score (nSPS) is 26.5. The first-order chi connectivity index (χ1) is 17.5. The maximum absolute atomic E-state index is 11.1. The van der Waals surface area contributed by atoms with Crippen molar-refractivity contribution in [3.05, 3.63) is 97.1 Å². The number of ether oxygens (including phenoxy) is 1. The van der Waals surface area contributed by atoms with Gasteiger partial charge >= 0.3 is 11.9 Å². The molecule has 0 heterocycles. The van der Waals surface area contributed by atoms with Crippen LogP contribution < -0.4 is 0 Å². The Balaban J connectivity index is 0.000000225. The summed E-state index contributed by atoms with van der Waals surface area (Å²) in [5, 5.41) is 16.8. The van der Waals surface area contributed by atoms with Crippen LogP contribution in [-0.4, -0.2) is 35.4 Å². The predicted octanol–water partition coefficient (Wildman–Crippen LogP) is 6.61. The second-order valence-corrected chi connectivity index (χ2v) is 10.8. The third kappa shape index (κ3) is 8.71. The van der Waals surface area contributed by atoms with E-state index in [9.17, 15) is 14.7 Å². The zero-order valence-corrected chi connectivity index (χ0v) is 22.6. The van der Waals surface area contributed by atoms with Gasteiger partial charge in [0.15, 0.2) is 0 Å². The molecule has 0 radical (unpaired) electrons. The van der Waals surface area contributed by atoms with Gasteiger partial charge in [0.2, 0.25) is 0 Å². The number of esters is 1. The summed E-state index contributed by atoms with van der Waals surface area (Å²) in [6.45, 7) is 16.1. The third-order valence-corrected chi connectivity index (χ3v) is 7.95. The van der Waals surface area contributed by atoms with E-state index in [1.54, 1.807) is 0 Å². The summed E-state index contributed by atoms with van der Waals surface area (Å²) in [6.07, 6.45) is 4.34. The van der Waals surface area contributed by atoms with Gasteiger partial charge in [-0.15, -0.1) is 0 Å². The number of carboxylic acid groups (broad SMARTS) is 1. The summed E-state index contributed by atoms with van der Waals surface area (Å²) in [4.78, 5) is 20.3. The lowest BCUT2D eigenvalue weighted by Gasteiger charge is -2.16. The van der Waals surface area contributed by atoms with E-state index in [1.165, 1.54) is 23.6 Å². The monoisotopic (exact) mass is 506 g/mol. The molecule has 0 unspecified atom stereocenters. The zero-order chi connectivity index (χ0) is 27.6. The van der Waals surface area contributed by atoms with Gasteiger partial charge in [0.05, 0.1) is 6.61 Å². The van der Waals surface area contributed by atoms with Crippen molar-refractivity contribution in [3.63, 3.8) is 0 Å². The minimum absolute atomic E-state index is 0.133. The molecule has 0 bridgehead atoms. The maximum Gasteiger partial charge on any atom is 0.330 e. The molecule has 0 spiro atoms. The predicted molar refractivity (Wildman–Crippen MR) is 148 cm³/mol. The molecule has 0 aliphatic heterocycles. The molecule has 4 rings (SSSR count). The van der Waals surface area contributed by atoms with Crippen LogP contribution in [0.15, 0.2) is 86.0 Å². The molecule has 6 atom stereocenters. The smallest absolute Gasteiger partial charge is 0.330 e. The Morgan fingerprint density at radius 3 is 1.65 bits per heavy atom. The molecular weight excluding hydrogens is 464 g/mol. The molecule has 2 aliphatic carbocycles. The first-order valence-electron chi connectivity index (χ1n) is 12.9. The average molecular weight is 507 g/mol. The van der Waals surface area contributed by atoms with Crippen LogP contribution in [0.5, 0.6) is 0 Å². The summed E-state index contributed by atoms with van der Waals surface area (Å²) < 4.78 is 5.18. The van der Waals surface area contributed by atoms with Crippen molar-refractivity contribution in [1.82, 2.24) is 0 Å². The van der Waals surface area contributed by atoms with Crippen LogP contribution >= 0.6 is 0 Å². The molecule has 2 fully saturated rings. The topological polar surface area (TPSA) is 83.8 Å². The Bertz CT molecular complexity index is 1030. The molecule has 2 saturated carbocycles. The third-order valence-electron chi connectivity index (χ3n) is 7.95. The highest BCUT2D eigenvalue weighted by Gasteiger charge is 2.53. The largest absolute Gasteiger partial charge is 0.478 e. The summed E-state index contributed by atoms with van der Waals surface area (Å²) >= 11 is 0. The van der Waals surface area contributed by atoms with E-state index in [0.29, 0.717) is 36.9 Å². The minimum Gasteiger partial charge on any atom is -0.478 e. The number of carbonyl (C=O) groups is 2. The van der Waals surface area contributed by atoms with Crippen molar-refractivity contribution in [2.45, 2.75) is 52.4 Å². The molecule has 5 heteroatoms. The van der Waals surface area contributed by atoms with Crippen LogP contribution in [0.25, 0.3) is 0 Å². The summed E-state index contributed by atoms with van der Waals surface area (Å²) in [5.41, 5.74) is 3.08. The van der Waals surface area contributed by atoms with E-state index in [4.69, 9.17) is 9.84 Å². The fourth-order valence-corrected chi connectivity index (χ4v) is 5.07. The number of rotatable bonds is 9. The standard InChI is InChI=1S/C16H20O2.C13H18O.C3H4O2/c1-4-15(17)18-11-16(3)10-14(16)12(2)13-8-6-5-7-9-13;1-10(11-6-4-3-5-7-11)12-8-13(12,2)9-14;1-2-3(4)5/h4-9,12,14H,1,10-11H2,2-3H3;3-7,10,12,14H,8-9H2,1-2H3;2H,1H2,(H,4,5)/t12-,14+,16+;10-,12+,13+;/m11./s1. The Morgan fingerprint density at radius 2 is 1.30 bits per heavy atom. The maximum atomic E-state index is 11.1. The molecule has 5 nitrogen and oxygen atoms in total. The Hall–Kier alpha value is -3.18. The Morgan fingerprint density at radius 1 is 0.892 bits per heavy atom. The van der Waals surface area contributed by atoms with Crippen LogP contribution in [0, 0.1) is 22.7 Å². The minimum atomic E-state index is -0.981. The van der Waals surface area contributed by atoms with Crippen molar-refractivity contribution >= 4 is 11.9 Å². The van der Waals surface area contributed by atoms with Crippen molar-refractivity contribution in [3.8, 4) is 0 Å². The Kier molecular flexibility index (Phi) is 10.9. The van der Waals surface area contributed by atoms with Crippen molar-refractivity contribution in [2.24, 2.45) is 22.7 Å². The van der Waals surface area contributed by atoms with Gasteiger partial charge in [-0.1, -0.05) is 102 Å². The van der Waals surface area contributed by atoms with E-state index >= 15 is 0 Å². The quantitative estimate of drug-likeness (QED) is 0.295. The van der Waals surface area contributed by atoms with E-state index in [2.05, 4.69) is 89.4 Å². The van der Waals surface area contributed by atoms with Crippen LogP contribution in [0.3, 0.4) is 0 Å². The highest BCUT2D eigenvalue weighted by atomic mass is 16.5. The summed E-state index contributed by atoms with van der Waals surface area (Å²) in [6, 6.07) is 21.1. The first-order valence-corrected chi connectivity index (χ1v) is 12.9. The zero-order valence-electron chi connectivity index (χ0n) is 22.6. The average Bonchev–Trinajstić information content (AvgIpc) is 3.82. The van der Waals surface area contributed by atoms with Gasteiger partial charge in [-0.2, -0.15) is 0 Å². The summed E-state index contributed by atoms with van der Waals surface area (Å²) in [5.74, 6) is 1.04. The second kappa shape index (κ2) is 13.4. The first kappa shape index (κ1) is 30.0. The molecular formula is C32H42O5. The van der Waals surface area contributed by atoms with Gasteiger partial charge in [0.1, 0.15) is 0 Å². The number of carbonyl (C=O) groups excluding carboxylic acids is 1. The van der Waals surface area contributed by atoms with E-state index < -0.39 is 5.97 Å².